The van der Waals surface area contributed by atoms with E-state index in [-0.39, 0.29) is 23.9 Å². The van der Waals surface area contributed by atoms with Crippen LogP contribution in [0.25, 0.3) is 0 Å². The molecule has 1 atom stereocenters. The minimum atomic E-state index is -3.78. The van der Waals surface area contributed by atoms with Crippen molar-refractivity contribution >= 4 is 27.5 Å². The average molecular weight is 558 g/mol. The van der Waals surface area contributed by atoms with E-state index in [1.807, 2.05) is 43.3 Å². The number of anilines is 1. The summed E-state index contributed by atoms with van der Waals surface area (Å²) in [7, 11) is -2.21. The predicted octanol–water partition coefficient (Wildman–Crippen LogP) is 4.62. The lowest BCUT2D eigenvalue weighted by Gasteiger charge is -2.33. The maximum absolute atomic E-state index is 13.9. The Bertz CT molecular complexity index is 1230. The first-order valence-corrected chi connectivity index (χ1v) is 15.5. The fraction of sp³-hybridized carbons (Fsp3) is 0.533. The molecule has 0 heterocycles. The van der Waals surface area contributed by atoms with E-state index in [0.29, 0.717) is 17.9 Å². The second kappa shape index (κ2) is 12.9. The quantitative estimate of drug-likeness (QED) is 0.435. The van der Waals surface area contributed by atoms with Crippen molar-refractivity contribution in [3.8, 4) is 5.75 Å². The number of nitrogens with one attached hydrogen (secondary N) is 1. The molecule has 1 N–H and O–H groups in total. The number of amides is 2. The fourth-order valence-electron chi connectivity index (χ4n) is 5.00. The van der Waals surface area contributed by atoms with Gasteiger partial charge in [-0.15, -0.1) is 0 Å². The van der Waals surface area contributed by atoms with E-state index in [4.69, 9.17) is 4.74 Å². The van der Waals surface area contributed by atoms with E-state index in [2.05, 4.69) is 26.1 Å². The van der Waals surface area contributed by atoms with Crippen LogP contribution >= 0.6 is 0 Å². The first-order valence-electron chi connectivity index (χ1n) is 13.6. The molecule has 0 aromatic heterocycles. The standard InChI is InChI=1S/C30H43N3O5S/c1-7-27(29(35)31-24-12-8-9-13-24)32(20-22-11-10-14-26(19-22)38-5)28(34)21-33(39(6,36)37)25-17-15-23(16-18-25)30(2,3)4/h10-11,14-19,24,27H,7-9,12-13,20-21H2,1-6H3,(H,31,35). The van der Waals surface area contributed by atoms with Crippen LogP contribution in [0.2, 0.25) is 0 Å². The SMILES string of the molecule is CCC(C(=O)NC1CCCC1)N(Cc1cccc(OC)c1)C(=O)CN(c1ccc(C(C)(C)C)cc1)S(C)(=O)=O. The van der Waals surface area contributed by atoms with Gasteiger partial charge in [-0.2, -0.15) is 0 Å². The molecule has 0 bridgehead atoms. The van der Waals surface area contributed by atoms with Gasteiger partial charge >= 0.3 is 0 Å². The Kier molecular flexibility index (Phi) is 10.0. The zero-order chi connectivity index (χ0) is 28.8. The van der Waals surface area contributed by atoms with Gasteiger partial charge in [0.1, 0.15) is 18.3 Å². The van der Waals surface area contributed by atoms with Crippen LogP contribution in [0.5, 0.6) is 5.75 Å². The molecule has 9 heteroatoms. The van der Waals surface area contributed by atoms with E-state index in [9.17, 15) is 18.0 Å². The van der Waals surface area contributed by atoms with Crippen molar-refractivity contribution < 1.29 is 22.7 Å². The molecule has 0 radical (unpaired) electrons. The van der Waals surface area contributed by atoms with Gasteiger partial charge in [-0.3, -0.25) is 13.9 Å². The van der Waals surface area contributed by atoms with Crippen LogP contribution in [-0.2, 0) is 31.6 Å². The fourth-order valence-corrected chi connectivity index (χ4v) is 5.85. The van der Waals surface area contributed by atoms with Crippen LogP contribution < -0.4 is 14.4 Å². The first kappa shape index (κ1) is 30.5. The van der Waals surface area contributed by atoms with E-state index < -0.39 is 28.5 Å². The summed E-state index contributed by atoms with van der Waals surface area (Å²) in [5.74, 6) is -0.0160. The maximum atomic E-state index is 13.9. The van der Waals surface area contributed by atoms with Crippen molar-refractivity contribution in [3.05, 3.63) is 59.7 Å². The Balaban J connectivity index is 1.93. The van der Waals surface area contributed by atoms with Crippen LogP contribution in [0.4, 0.5) is 5.69 Å². The highest BCUT2D eigenvalue weighted by atomic mass is 32.2. The van der Waals surface area contributed by atoms with Crippen LogP contribution in [0.1, 0.15) is 70.9 Å². The zero-order valence-electron chi connectivity index (χ0n) is 24.1. The second-order valence-electron chi connectivity index (χ2n) is 11.4. The van der Waals surface area contributed by atoms with Gasteiger partial charge in [-0.25, -0.2) is 8.42 Å². The van der Waals surface area contributed by atoms with E-state index in [1.54, 1.807) is 19.2 Å². The summed E-state index contributed by atoms with van der Waals surface area (Å²) in [5, 5.41) is 3.12. The molecule has 0 saturated heterocycles. The number of ether oxygens (including phenoxy) is 1. The van der Waals surface area contributed by atoms with Gasteiger partial charge in [0.25, 0.3) is 0 Å². The Labute approximate surface area is 233 Å². The number of methoxy groups -OCH3 is 1. The summed E-state index contributed by atoms with van der Waals surface area (Å²) < 4.78 is 32.2. The number of nitrogens with zero attached hydrogens (tertiary/aromatic N) is 2. The molecule has 3 rings (SSSR count). The van der Waals surface area contributed by atoms with E-state index >= 15 is 0 Å². The highest BCUT2D eigenvalue weighted by molar-refractivity contribution is 7.92. The summed E-state index contributed by atoms with van der Waals surface area (Å²) in [6.07, 6.45) is 5.50. The smallest absolute Gasteiger partial charge is 0.244 e. The van der Waals surface area contributed by atoms with Crippen LogP contribution in [-0.4, -0.2) is 57.1 Å². The Morgan fingerprint density at radius 1 is 1.08 bits per heavy atom. The molecule has 2 aromatic carbocycles. The predicted molar refractivity (Wildman–Crippen MR) is 155 cm³/mol. The lowest BCUT2D eigenvalue weighted by Crippen LogP contribution is -2.53. The molecule has 0 spiro atoms. The molecule has 2 amide bonds. The minimum absolute atomic E-state index is 0.0984. The average Bonchev–Trinajstić information content (AvgIpc) is 3.39. The molecule has 1 saturated carbocycles. The lowest BCUT2D eigenvalue weighted by atomic mass is 9.87. The first-order chi connectivity index (χ1) is 18.3. The summed E-state index contributed by atoms with van der Waals surface area (Å²) in [6.45, 7) is 7.84. The third-order valence-corrected chi connectivity index (χ3v) is 8.42. The number of carbonyl (C=O) groups is 2. The highest BCUT2D eigenvalue weighted by Crippen LogP contribution is 2.27. The summed E-state index contributed by atoms with van der Waals surface area (Å²) >= 11 is 0. The molecule has 1 unspecified atom stereocenters. The van der Waals surface area contributed by atoms with Gasteiger partial charge in [0.2, 0.25) is 21.8 Å². The van der Waals surface area contributed by atoms with Crippen LogP contribution in [0.15, 0.2) is 48.5 Å². The monoisotopic (exact) mass is 557 g/mol. The molecule has 214 valence electrons. The van der Waals surface area contributed by atoms with Gasteiger partial charge in [0.15, 0.2) is 0 Å². The Hall–Kier alpha value is -3.07. The Morgan fingerprint density at radius 2 is 1.72 bits per heavy atom. The van der Waals surface area contributed by atoms with Crippen molar-refractivity contribution in [3.63, 3.8) is 0 Å². The molecular formula is C30H43N3O5S. The van der Waals surface area contributed by atoms with Crippen molar-refractivity contribution in [2.24, 2.45) is 0 Å². The number of hydrogen-bond donors (Lipinski definition) is 1. The second-order valence-corrected chi connectivity index (χ2v) is 13.3. The van der Waals surface area contributed by atoms with Gasteiger partial charge in [0.05, 0.1) is 19.1 Å². The molecule has 2 aromatic rings. The van der Waals surface area contributed by atoms with Crippen molar-refractivity contribution in [1.82, 2.24) is 10.2 Å². The molecule has 0 aliphatic heterocycles. The normalized spacial score (nSPS) is 15.0. The molecule has 39 heavy (non-hydrogen) atoms. The third kappa shape index (κ3) is 8.21. The molecule has 8 nitrogen and oxygen atoms in total. The molecular weight excluding hydrogens is 514 g/mol. The number of rotatable bonds is 11. The Morgan fingerprint density at radius 3 is 2.26 bits per heavy atom. The minimum Gasteiger partial charge on any atom is -0.497 e. The van der Waals surface area contributed by atoms with Gasteiger partial charge in [0, 0.05) is 12.6 Å². The number of sulfonamides is 1. The van der Waals surface area contributed by atoms with E-state index in [0.717, 1.165) is 47.4 Å². The van der Waals surface area contributed by atoms with Crippen molar-refractivity contribution in [2.75, 3.05) is 24.2 Å². The topological polar surface area (TPSA) is 96.0 Å². The summed E-state index contributed by atoms with van der Waals surface area (Å²) in [5.41, 5.74) is 2.15. The molecule has 1 fully saturated rings. The summed E-state index contributed by atoms with van der Waals surface area (Å²) in [6, 6.07) is 13.9. The lowest BCUT2D eigenvalue weighted by molar-refractivity contribution is -0.140. The van der Waals surface area contributed by atoms with Gasteiger partial charge < -0.3 is 15.0 Å². The van der Waals surface area contributed by atoms with Crippen LogP contribution in [0.3, 0.4) is 0 Å². The molecule has 1 aliphatic carbocycles. The molecule has 1 aliphatic rings. The number of hydrogen-bond acceptors (Lipinski definition) is 5. The number of benzene rings is 2. The third-order valence-electron chi connectivity index (χ3n) is 7.28. The van der Waals surface area contributed by atoms with Gasteiger partial charge in [-0.1, -0.05) is 64.8 Å². The van der Waals surface area contributed by atoms with Gasteiger partial charge in [-0.05, 0) is 60.1 Å². The zero-order valence-corrected chi connectivity index (χ0v) is 24.9. The largest absolute Gasteiger partial charge is 0.497 e. The number of carbonyl (C=O) groups excluding carboxylic acids is 2. The maximum Gasteiger partial charge on any atom is 0.244 e. The summed E-state index contributed by atoms with van der Waals surface area (Å²) in [4.78, 5) is 28.8. The highest BCUT2D eigenvalue weighted by Gasteiger charge is 2.33. The van der Waals surface area contributed by atoms with E-state index in [1.165, 1.54) is 4.90 Å². The van der Waals surface area contributed by atoms with Crippen molar-refractivity contribution in [1.29, 1.82) is 0 Å². The van der Waals surface area contributed by atoms with Crippen LogP contribution in [0, 0.1) is 0 Å². The van der Waals surface area contributed by atoms with Crippen molar-refractivity contribution in [2.45, 2.75) is 83.8 Å².